The fourth-order valence-corrected chi connectivity index (χ4v) is 5.30. The number of pyridine rings is 1. The number of ether oxygens (including phenoxy) is 1. The first-order valence-corrected chi connectivity index (χ1v) is 14.2. The molecule has 5 aromatic rings. The summed E-state index contributed by atoms with van der Waals surface area (Å²) in [4.78, 5) is 29.8. The predicted molar refractivity (Wildman–Crippen MR) is 165 cm³/mol. The number of phenolic OH excluding ortho intramolecular Hbond substituents is 1. The molecule has 9 nitrogen and oxygen atoms in total. The minimum absolute atomic E-state index is 0.177. The molecule has 0 bridgehead atoms. The van der Waals surface area contributed by atoms with Gasteiger partial charge in [0.15, 0.2) is 11.6 Å². The molecule has 1 fully saturated rings. The lowest BCUT2D eigenvalue weighted by Gasteiger charge is -2.32. The van der Waals surface area contributed by atoms with Crippen LogP contribution in [0.2, 0.25) is 0 Å². The number of H-pyrrole nitrogens is 1. The summed E-state index contributed by atoms with van der Waals surface area (Å²) in [6.07, 6.45) is 2.55. The Labute approximate surface area is 249 Å². The number of anilines is 1. The number of hydrogen-bond donors (Lipinski definition) is 3. The molecule has 0 radical (unpaired) electrons. The number of phenols is 1. The number of halogens is 1. The van der Waals surface area contributed by atoms with Crippen LogP contribution in [-0.2, 0) is 6.42 Å². The molecule has 1 amide bonds. The summed E-state index contributed by atoms with van der Waals surface area (Å²) in [7, 11) is 3.65. The number of likely N-dealkylation sites (N-methyl/N-ethyl adjacent to an activating group) is 1. The van der Waals surface area contributed by atoms with E-state index in [-0.39, 0.29) is 17.3 Å². The molecule has 1 saturated heterocycles. The van der Waals surface area contributed by atoms with Crippen molar-refractivity contribution in [2.45, 2.75) is 6.42 Å². The molecule has 0 saturated carbocycles. The lowest BCUT2D eigenvalue weighted by molar-refractivity contribution is 0.102. The van der Waals surface area contributed by atoms with Crippen LogP contribution in [0.3, 0.4) is 0 Å². The summed E-state index contributed by atoms with van der Waals surface area (Å²) in [6.45, 7) is 5.42. The van der Waals surface area contributed by atoms with Crippen LogP contribution in [0, 0.1) is 5.82 Å². The molecule has 2 aromatic heterocycles. The van der Waals surface area contributed by atoms with Crippen molar-refractivity contribution in [2.24, 2.45) is 0 Å². The second-order valence-electron chi connectivity index (χ2n) is 10.8. The predicted octanol–water partition coefficient (Wildman–Crippen LogP) is 5.19. The summed E-state index contributed by atoms with van der Waals surface area (Å²) in [5.74, 6) is -0.998. The second-order valence-corrected chi connectivity index (χ2v) is 10.8. The number of benzene rings is 3. The molecule has 43 heavy (non-hydrogen) atoms. The van der Waals surface area contributed by atoms with Crippen LogP contribution in [-0.4, -0.2) is 82.6 Å². The average Bonchev–Trinajstić information content (AvgIpc) is 3.46. The summed E-state index contributed by atoms with van der Waals surface area (Å²) in [5, 5.41) is 13.5. The van der Waals surface area contributed by atoms with Crippen LogP contribution in [0.1, 0.15) is 15.9 Å². The number of nitrogens with zero attached hydrogens (tertiary/aromatic N) is 4. The molecule has 6 rings (SSSR count). The van der Waals surface area contributed by atoms with Gasteiger partial charge in [-0.3, -0.25) is 4.79 Å². The topological polar surface area (TPSA) is 107 Å². The Balaban J connectivity index is 1.17. The molecule has 3 heterocycles. The molecule has 0 aliphatic carbocycles. The highest BCUT2D eigenvalue weighted by atomic mass is 19.1. The van der Waals surface area contributed by atoms with E-state index in [1.54, 1.807) is 42.6 Å². The molecular formula is C33H33FN6O3. The molecule has 1 aliphatic heterocycles. The molecule has 0 spiro atoms. The van der Waals surface area contributed by atoms with Crippen molar-refractivity contribution in [2.75, 3.05) is 52.2 Å². The van der Waals surface area contributed by atoms with Crippen molar-refractivity contribution in [1.82, 2.24) is 24.8 Å². The third-order valence-electron chi connectivity index (χ3n) is 7.86. The fraction of sp³-hybridized carbons (Fsp3) is 0.242. The SMILES string of the molecule is COc1ncccc1-c1cc(F)c(O)c(-c2nc3ccc(C(=O)Nc4ccc(CCN5CCN(C)CC5)cc4)cc3[nH]2)c1. The molecule has 3 N–H and O–H groups in total. The number of aromatic amines is 1. The number of carbonyl (C=O) groups is 1. The van der Waals surface area contributed by atoms with Crippen molar-refractivity contribution in [1.29, 1.82) is 0 Å². The van der Waals surface area contributed by atoms with Crippen LogP contribution < -0.4 is 10.1 Å². The number of nitrogens with one attached hydrogen (secondary N) is 2. The number of carbonyl (C=O) groups excluding carboxylic acids is 1. The van der Waals surface area contributed by atoms with Gasteiger partial charge in [-0.15, -0.1) is 0 Å². The number of methoxy groups -OCH3 is 1. The van der Waals surface area contributed by atoms with Gasteiger partial charge in [0.05, 0.1) is 23.7 Å². The van der Waals surface area contributed by atoms with Crippen molar-refractivity contribution in [3.63, 3.8) is 0 Å². The van der Waals surface area contributed by atoms with Crippen LogP contribution in [0.5, 0.6) is 11.6 Å². The van der Waals surface area contributed by atoms with Gasteiger partial charge in [0, 0.05) is 55.7 Å². The van der Waals surface area contributed by atoms with Crippen LogP contribution in [0.4, 0.5) is 10.1 Å². The number of amides is 1. The van der Waals surface area contributed by atoms with E-state index < -0.39 is 11.6 Å². The Morgan fingerprint density at radius 1 is 1.05 bits per heavy atom. The van der Waals surface area contributed by atoms with Gasteiger partial charge >= 0.3 is 0 Å². The maximum absolute atomic E-state index is 14.8. The Morgan fingerprint density at radius 2 is 1.84 bits per heavy atom. The van der Waals surface area contributed by atoms with Gasteiger partial charge in [-0.1, -0.05) is 12.1 Å². The normalized spacial score (nSPS) is 14.2. The Morgan fingerprint density at radius 3 is 2.60 bits per heavy atom. The molecule has 0 unspecified atom stereocenters. The minimum Gasteiger partial charge on any atom is -0.504 e. The summed E-state index contributed by atoms with van der Waals surface area (Å²) >= 11 is 0. The van der Waals surface area contributed by atoms with Gasteiger partial charge in [0.2, 0.25) is 5.88 Å². The number of imidazole rings is 1. The molecule has 0 atom stereocenters. The van der Waals surface area contributed by atoms with E-state index in [0.717, 1.165) is 39.1 Å². The van der Waals surface area contributed by atoms with E-state index in [2.05, 4.69) is 49.2 Å². The number of piperazine rings is 1. The first kappa shape index (κ1) is 28.3. The lowest BCUT2D eigenvalue weighted by atomic mass is 10.0. The smallest absolute Gasteiger partial charge is 0.255 e. The standard InChI is InChI=1S/C33H33FN6O3/c1-39-14-16-40(17-15-39)13-11-21-5-8-24(9-6-21)36-32(42)22-7-10-28-29(20-22)38-31(37-28)26-18-23(19-27(34)30(26)41)25-4-3-12-35-33(25)43-2/h3-10,12,18-20,41H,11,13-17H2,1-2H3,(H,36,42)(H,37,38). The molecular weight excluding hydrogens is 547 g/mol. The number of aromatic nitrogens is 3. The molecule has 1 aliphatic rings. The quantitative estimate of drug-likeness (QED) is 0.232. The zero-order valence-electron chi connectivity index (χ0n) is 24.1. The van der Waals surface area contributed by atoms with E-state index in [1.165, 1.54) is 18.7 Å². The first-order valence-electron chi connectivity index (χ1n) is 14.2. The van der Waals surface area contributed by atoms with Gasteiger partial charge in [-0.25, -0.2) is 14.4 Å². The van der Waals surface area contributed by atoms with E-state index in [0.29, 0.717) is 39.3 Å². The monoisotopic (exact) mass is 580 g/mol. The highest BCUT2D eigenvalue weighted by Gasteiger charge is 2.19. The summed E-state index contributed by atoms with van der Waals surface area (Å²) < 4.78 is 20.2. The van der Waals surface area contributed by atoms with E-state index >= 15 is 0 Å². The molecule has 10 heteroatoms. The second kappa shape index (κ2) is 12.2. The highest BCUT2D eigenvalue weighted by molar-refractivity contribution is 6.06. The summed E-state index contributed by atoms with van der Waals surface area (Å²) in [6, 6.07) is 19.4. The Hall–Kier alpha value is -4.80. The van der Waals surface area contributed by atoms with Gasteiger partial charge in [0.25, 0.3) is 5.91 Å². The minimum atomic E-state index is -0.802. The van der Waals surface area contributed by atoms with Crippen LogP contribution in [0.15, 0.2) is 72.9 Å². The van der Waals surface area contributed by atoms with Gasteiger partial charge < -0.3 is 29.9 Å². The van der Waals surface area contributed by atoms with E-state index in [9.17, 15) is 14.3 Å². The fourth-order valence-electron chi connectivity index (χ4n) is 5.30. The van der Waals surface area contributed by atoms with Crippen molar-refractivity contribution in [3.05, 3.63) is 89.9 Å². The van der Waals surface area contributed by atoms with Crippen LogP contribution in [0.25, 0.3) is 33.5 Å². The average molecular weight is 581 g/mol. The largest absolute Gasteiger partial charge is 0.504 e. The zero-order valence-corrected chi connectivity index (χ0v) is 24.1. The van der Waals surface area contributed by atoms with Gasteiger partial charge in [-0.05, 0) is 79.2 Å². The van der Waals surface area contributed by atoms with E-state index in [4.69, 9.17) is 4.74 Å². The molecule has 3 aromatic carbocycles. The summed E-state index contributed by atoms with van der Waals surface area (Å²) in [5.41, 5.74) is 4.74. The van der Waals surface area contributed by atoms with Crippen molar-refractivity contribution in [3.8, 4) is 34.1 Å². The highest BCUT2D eigenvalue weighted by Crippen LogP contribution is 2.37. The Bertz CT molecular complexity index is 1760. The van der Waals surface area contributed by atoms with E-state index in [1.807, 2.05) is 12.1 Å². The molecule has 220 valence electrons. The Kier molecular flexibility index (Phi) is 8.04. The first-order chi connectivity index (χ1) is 20.9. The third-order valence-corrected chi connectivity index (χ3v) is 7.86. The number of fused-ring (bicyclic) bond motifs is 1. The number of aromatic hydroxyl groups is 1. The van der Waals surface area contributed by atoms with Crippen LogP contribution >= 0.6 is 0 Å². The van der Waals surface area contributed by atoms with Gasteiger partial charge in [-0.2, -0.15) is 0 Å². The van der Waals surface area contributed by atoms with Crippen molar-refractivity contribution < 1.29 is 19.0 Å². The number of rotatable bonds is 8. The maximum atomic E-state index is 14.8. The maximum Gasteiger partial charge on any atom is 0.255 e. The third kappa shape index (κ3) is 6.20. The lowest BCUT2D eigenvalue weighted by Crippen LogP contribution is -2.45. The van der Waals surface area contributed by atoms with Crippen molar-refractivity contribution >= 4 is 22.6 Å². The van der Waals surface area contributed by atoms with Gasteiger partial charge in [0.1, 0.15) is 5.82 Å². The zero-order chi connectivity index (χ0) is 29.9. The number of hydrogen-bond acceptors (Lipinski definition) is 7.